The first-order chi connectivity index (χ1) is 10.7. The molecule has 1 aromatic carbocycles. The Morgan fingerprint density at radius 2 is 2.05 bits per heavy atom. The Morgan fingerprint density at radius 1 is 1.18 bits per heavy atom. The number of benzene rings is 1. The average Bonchev–Trinajstić information content (AvgIpc) is 2.84. The van der Waals surface area contributed by atoms with Crippen LogP contribution < -0.4 is 5.32 Å². The van der Waals surface area contributed by atoms with Crippen molar-refractivity contribution in [2.45, 2.75) is 19.8 Å². The third-order valence-electron chi connectivity index (χ3n) is 4.30. The Morgan fingerprint density at radius 3 is 2.95 bits per heavy atom. The quantitative estimate of drug-likeness (QED) is 0.762. The van der Waals surface area contributed by atoms with Crippen LogP contribution in [0.3, 0.4) is 0 Å². The highest BCUT2D eigenvalue weighted by Gasteiger charge is 2.24. The molecule has 4 nitrogen and oxygen atoms in total. The summed E-state index contributed by atoms with van der Waals surface area (Å²) in [6.45, 7) is 2.74. The number of nitrogens with zero attached hydrogens (tertiary/aromatic N) is 1. The Balaban J connectivity index is 1.76. The molecule has 3 aromatic rings. The summed E-state index contributed by atoms with van der Waals surface area (Å²) in [5.74, 6) is 0.0291. The number of hydrogen-bond acceptors (Lipinski definition) is 2. The van der Waals surface area contributed by atoms with Gasteiger partial charge in [-0.15, -0.1) is 0 Å². The lowest BCUT2D eigenvalue weighted by Gasteiger charge is -2.14. The molecule has 0 radical (unpaired) electrons. The van der Waals surface area contributed by atoms with Crippen molar-refractivity contribution < 1.29 is 4.79 Å². The minimum atomic E-state index is 0.0291. The van der Waals surface area contributed by atoms with E-state index in [1.54, 1.807) is 0 Å². The van der Waals surface area contributed by atoms with Crippen LogP contribution in [0.15, 0.2) is 36.4 Å². The molecule has 22 heavy (non-hydrogen) atoms. The third kappa shape index (κ3) is 2.08. The van der Waals surface area contributed by atoms with Crippen molar-refractivity contribution in [3.8, 4) is 0 Å². The van der Waals surface area contributed by atoms with Crippen molar-refractivity contribution >= 4 is 16.8 Å². The Labute approximate surface area is 128 Å². The summed E-state index contributed by atoms with van der Waals surface area (Å²) >= 11 is 0. The second kappa shape index (κ2) is 4.98. The van der Waals surface area contributed by atoms with E-state index in [2.05, 4.69) is 22.4 Å². The number of carbonyl (C=O) groups is 1. The van der Waals surface area contributed by atoms with Crippen LogP contribution >= 0.6 is 0 Å². The van der Waals surface area contributed by atoms with Gasteiger partial charge in [0.15, 0.2) is 0 Å². The Hall–Kier alpha value is -2.62. The van der Waals surface area contributed by atoms with Gasteiger partial charge >= 0.3 is 0 Å². The first-order valence-electron chi connectivity index (χ1n) is 7.55. The molecule has 0 aliphatic carbocycles. The van der Waals surface area contributed by atoms with Crippen molar-refractivity contribution in [2.75, 3.05) is 6.54 Å². The lowest BCUT2D eigenvalue weighted by Crippen LogP contribution is -2.32. The number of aromatic nitrogens is 2. The van der Waals surface area contributed by atoms with Gasteiger partial charge in [0.25, 0.3) is 5.91 Å². The van der Waals surface area contributed by atoms with Crippen LogP contribution in [0.5, 0.6) is 0 Å². The largest absolute Gasteiger partial charge is 0.362 e. The fourth-order valence-electron chi connectivity index (χ4n) is 3.19. The van der Waals surface area contributed by atoms with Crippen LogP contribution in [0.1, 0.15) is 33.0 Å². The van der Waals surface area contributed by atoms with E-state index in [1.165, 1.54) is 0 Å². The molecule has 2 N–H and O–H groups in total. The number of para-hydroxylation sites is 1. The minimum absolute atomic E-state index is 0.0291. The highest BCUT2D eigenvalue weighted by molar-refractivity contribution is 5.98. The molecule has 3 heterocycles. The molecule has 1 aliphatic heterocycles. The van der Waals surface area contributed by atoms with Crippen LogP contribution in [0.25, 0.3) is 10.9 Å². The molecule has 1 amide bonds. The number of pyridine rings is 1. The molecule has 4 heteroatoms. The number of H-pyrrole nitrogens is 1. The molecular formula is C18H17N3O. The summed E-state index contributed by atoms with van der Waals surface area (Å²) < 4.78 is 0. The van der Waals surface area contributed by atoms with E-state index in [0.29, 0.717) is 13.0 Å². The number of aromatic amines is 1. The average molecular weight is 291 g/mol. The van der Waals surface area contributed by atoms with Gasteiger partial charge in [-0.3, -0.25) is 9.78 Å². The molecule has 4 rings (SSSR count). The zero-order chi connectivity index (χ0) is 15.1. The van der Waals surface area contributed by atoms with Crippen LogP contribution in [0, 0.1) is 6.92 Å². The van der Waals surface area contributed by atoms with Crippen molar-refractivity contribution in [1.29, 1.82) is 0 Å². The maximum absolute atomic E-state index is 12.2. The summed E-state index contributed by atoms with van der Waals surface area (Å²) in [6.07, 6.45) is 1.54. The van der Waals surface area contributed by atoms with Gasteiger partial charge in [-0.25, -0.2) is 0 Å². The summed E-state index contributed by atoms with van der Waals surface area (Å²) in [6, 6.07) is 12.2. The van der Waals surface area contributed by atoms with Crippen LogP contribution in [0.2, 0.25) is 0 Å². The monoisotopic (exact) mass is 291 g/mol. The van der Waals surface area contributed by atoms with E-state index in [1.807, 2.05) is 31.2 Å². The Kier molecular flexibility index (Phi) is 2.96. The minimum Gasteiger partial charge on any atom is -0.362 e. The highest BCUT2D eigenvalue weighted by Crippen LogP contribution is 2.24. The number of amides is 1. The van der Waals surface area contributed by atoms with E-state index in [0.717, 1.165) is 45.5 Å². The van der Waals surface area contributed by atoms with Gasteiger partial charge in [-0.05, 0) is 24.6 Å². The number of carbonyl (C=O) groups excluding carboxylic acids is 1. The van der Waals surface area contributed by atoms with Crippen molar-refractivity contribution in [3.63, 3.8) is 0 Å². The number of nitrogens with one attached hydrogen (secondary N) is 2. The van der Waals surface area contributed by atoms with E-state index in [-0.39, 0.29) is 5.91 Å². The lowest BCUT2D eigenvalue weighted by atomic mass is 9.99. The van der Waals surface area contributed by atoms with Crippen molar-refractivity contribution in [1.82, 2.24) is 15.3 Å². The molecular weight excluding hydrogens is 274 g/mol. The van der Waals surface area contributed by atoms with E-state index < -0.39 is 0 Å². The molecule has 110 valence electrons. The van der Waals surface area contributed by atoms with Gasteiger partial charge in [0.2, 0.25) is 0 Å². The van der Waals surface area contributed by atoms with Crippen LogP contribution in [-0.2, 0) is 12.8 Å². The molecule has 2 aromatic heterocycles. The van der Waals surface area contributed by atoms with Crippen LogP contribution in [-0.4, -0.2) is 22.4 Å². The SMILES string of the molecule is Cc1[nH]c2c(c1Cc1ccc3ccccc3n1)C(=O)NCC2. The van der Waals surface area contributed by atoms with Crippen molar-refractivity contribution in [2.24, 2.45) is 0 Å². The standard InChI is InChI=1S/C18H17N3O/c1-11-14(17-16(20-11)8-9-19-18(17)22)10-13-7-6-12-4-2-3-5-15(12)21-13/h2-7,20H,8-10H2,1H3,(H,19,22). The topological polar surface area (TPSA) is 57.8 Å². The predicted molar refractivity (Wildman–Crippen MR) is 86.1 cm³/mol. The second-order valence-corrected chi connectivity index (χ2v) is 5.76. The molecule has 0 saturated carbocycles. The molecule has 0 bridgehead atoms. The first kappa shape index (κ1) is 13.1. The first-order valence-corrected chi connectivity index (χ1v) is 7.55. The maximum Gasteiger partial charge on any atom is 0.253 e. The molecule has 0 atom stereocenters. The normalized spacial score (nSPS) is 14.0. The van der Waals surface area contributed by atoms with Gasteiger partial charge in [0.1, 0.15) is 0 Å². The summed E-state index contributed by atoms with van der Waals surface area (Å²) in [5, 5.41) is 4.06. The zero-order valence-corrected chi connectivity index (χ0v) is 12.4. The number of aryl methyl sites for hydroxylation is 1. The fraction of sp³-hybridized carbons (Fsp3) is 0.222. The van der Waals surface area contributed by atoms with E-state index in [4.69, 9.17) is 4.98 Å². The fourth-order valence-corrected chi connectivity index (χ4v) is 3.19. The molecule has 0 fully saturated rings. The molecule has 1 aliphatic rings. The van der Waals surface area contributed by atoms with E-state index >= 15 is 0 Å². The maximum atomic E-state index is 12.2. The summed E-state index contributed by atoms with van der Waals surface area (Å²) in [5.41, 5.74) is 5.98. The Bertz CT molecular complexity index is 879. The molecule has 0 saturated heterocycles. The zero-order valence-electron chi connectivity index (χ0n) is 12.4. The number of fused-ring (bicyclic) bond motifs is 2. The van der Waals surface area contributed by atoms with Gasteiger partial charge in [0, 0.05) is 41.9 Å². The van der Waals surface area contributed by atoms with E-state index in [9.17, 15) is 4.79 Å². The van der Waals surface area contributed by atoms with Crippen molar-refractivity contribution in [3.05, 3.63) is 64.6 Å². The van der Waals surface area contributed by atoms with Crippen LogP contribution in [0.4, 0.5) is 0 Å². The smallest absolute Gasteiger partial charge is 0.253 e. The number of rotatable bonds is 2. The van der Waals surface area contributed by atoms with Gasteiger partial charge in [0.05, 0.1) is 11.1 Å². The second-order valence-electron chi connectivity index (χ2n) is 5.76. The van der Waals surface area contributed by atoms with Gasteiger partial charge in [-0.2, -0.15) is 0 Å². The third-order valence-corrected chi connectivity index (χ3v) is 4.30. The number of hydrogen-bond donors (Lipinski definition) is 2. The predicted octanol–water partition coefficient (Wildman–Crippen LogP) is 2.75. The van der Waals surface area contributed by atoms with Gasteiger partial charge in [-0.1, -0.05) is 24.3 Å². The lowest BCUT2D eigenvalue weighted by molar-refractivity contribution is 0.0945. The highest BCUT2D eigenvalue weighted by atomic mass is 16.1. The summed E-state index contributed by atoms with van der Waals surface area (Å²) in [7, 11) is 0. The van der Waals surface area contributed by atoms with Gasteiger partial charge < -0.3 is 10.3 Å². The molecule has 0 unspecified atom stereocenters. The summed E-state index contributed by atoms with van der Waals surface area (Å²) in [4.78, 5) is 20.3. The molecule has 0 spiro atoms.